The minimum Gasteiger partial charge on any atom is -0.490 e. The molecule has 1 heterocycles. The fourth-order valence-corrected chi connectivity index (χ4v) is 5.13. The van der Waals surface area contributed by atoms with Gasteiger partial charge in [-0.2, -0.15) is 0 Å². The first-order chi connectivity index (χ1) is 15.5. The molecule has 1 saturated heterocycles. The summed E-state index contributed by atoms with van der Waals surface area (Å²) < 4.78 is 21.5. The summed E-state index contributed by atoms with van der Waals surface area (Å²) in [7, 11) is 0. The van der Waals surface area contributed by atoms with Gasteiger partial charge in [-0.25, -0.2) is 4.39 Å². The summed E-state index contributed by atoms with van der Waals surface area (Å²) in [5.74, 6) is 0.339. The lowest BCUT2D eigenvalue weighted by atomic mass is 9.86. The molecule has 2 aliphatic rings. The van der Waals surface area contributed by atoms with Crippen molar-refractivity contribution in [2.75, 3.05) is 13.1 Å². The second-order valence-electron chi connectivity index (χ2n) is 9.38. The second kappa shape index (κ2) is 10.5. The number of aliphatic carboxylic acids is 1. The third-order valence-electron chi connectivity index (χ3n) is 7.17. The summed E-state index contributed by atoms with van der Waals surface area (Å²) in [5.41, 5.74) is 2.01. The third kappa shape index (κ3) is 5.50. The van der Waals surface area contributed by atoms with E-state index in [4.69, 9.17) is 4.74 Å². The van der Waals surface area contributed by atoms with E-state index in [0.29, 0.717) is 30.6 Å². The summed E-state index contributed by atoms with van der Waals surface area (Å²) >= 11 is 0. The van der Waals surface area contributed by atoms with Gasteiger partial charge >= 0.3 is 5.97 Å². The highest BCUT2D eigenvalue weighted by Gasteiger charge is 2.26. The molecule has 1 unspecified atom stereocenters. The molecule has 1 saturated carbocycles. The Bertz CT molecular complexity index is 906. The van der Waals surface area contributed by atoms with Gasteiger partial charge in [0.15, 0.2) is 0 Å². The van der Waals surface area contributed by atoms with E-state index < -0.39 is 5.97 Å². The lowest BCUT2D eigenvalue weighted by Crippen LogP contribution is -2.38. The number of benzene rings is 2. The van der Waals surface area contributed by atoms with Crippen LogP contribution in [0.5, 0.6) is 5.75 Å². The molecule has 1 aliphatic carbocycles. The van der Waals surface area contributed by atoms with E-state index in [0.717, 1.165) is 43.0 Å². The second-order valence-corrected chi connectivity index (χ2v) is 9.38. The minimum absolute atomic E-state index is 0.225. The fraction of sp³-hybridized carbons (Fsp3) is 0.519. The number of piperidine rings is 1. The Labute approximate surface area is 190 Å². The van der Waals surface area contributed by atoms with Crippen molar-refractivity contribution >= 4 is 5.97 Å². The molecule has 5 heteroatoms. The van der Waals surface area contributed by atoms with Gasteiger partial charge < -0.3 is 9.84 Å². The quantitative estimate of drug-likeness (QED) is 0.563. The van der Waals surface area contributed by atoms with Crippen LogP contribution in [0, 0.1) is 17.7 Å². The van der Waals surface area contributed by atoms with E-state index >= 15 is 4.39 Å². The Morgan fingerprint density at radius 3 is 2.53 bits per heavy atom. The van der Waals surface area contributed by atoms with E-state index in [-0.39, 0.29) is 17.8 Å². The summed E-state index contributed by atoms with van der Waals surface area (Å²) in [6.07, 6.45) is 7.75. The van der Waals surface area contributed by atoms with Gasteiger partial charge in [-0.15, -0.1) is 0 Å². The number of nitrogens with zero attached hydrogens (tertiary/aromatic N) is 1. The smallest absolute Gasteiger partial charge is 0.307 e. The van der Waals surface area contributed by atoms with E-state index in [2.05, 4.69) is 11.8 Å². The molecule has 0 aromatic heterocycles. The van der Waals surface area contributed by atoms with E-state index in [1.54, 1.807) is 12.1 Å². The van der Waals surface area contributed by atoms with Crippen LogP contribution in [0.25, 0.3) is 11.1 Å². The summed E-state index contributed by atoms with van der Waals surface area (Å²) in [5, 5.41) is 9.31. The van der Waals surface area contributed by atoms with Crippen molar-refractivity contribution < 1.29 is 19.0 Å². The molecule has 0 bridgehead atoms. The molecule has 2 aromatic carbocycles. The molecule has 1 atom stereocenters. The molecule has 172 valence electrons. The third-order valence-corrected chi connectivity index (χ3v) is 7.17. The van der Waals surface area contributed by atoms with Crippen molar-refractivity contribution in [1.82, 2.24) is 4.90 Å². The molecule has 1 aliphatic heterocycles. The first-order valence-electron chi connectivity index (χ1n) is 12.0. The van der Waals surface area contributed by atoms with Crippen LogP contribution >= 0.6 is 0 Å². The predicted octanol–water partition coefficient (Wildman–Crippen LogP) is 6.14. The zero-order valence-electron chi connectivity index (χ0n) is 18.9. The van der Waals surface area contributed by atoms with Crippen LogP contribution < -0.4 is 4.74 Å². The lowest BCUT2D eigenvalue weighted by molar-refractivity contribution is -0.143. The highest BCUT2D eigenvalue weighted by Crippen LogP contribution is 2.31. The monoisotopic (exact) mass is 439 g/mol. The maximum Gasteiger partial charge on any atom is 0.307 e. The first-order valence-corrected chi connectivity index (χ1v) is 12.0. The largest absolute Gasteiger partial charge is 0.490 e. The molecule has 2 fully saturated rings. The van der Waals surface area contributed by atoms with Gasteiger partial charge in [0.05, 0.1) is 12.0 Å². The number of hydrogen-bond donors (Lipinski definition) is 1. The molecular weight excluding hydrogens is 405 g/mol. The van der Waals surface area contributed by atoms with Crippen LogP contribution in [0.15, 0.2) is 42.5 Å². The Balaban J connectivity index is 1.41. The van der Waals surface area contributed by atoms with E-state index in [1.807, 2.05) is 30.3 Å². The number of halogens is 1. The SMILES string of the molecule is CC[C@H]1CC[C@H](Oc2ccc(-c3cccc(CN4CCCC(C(=O)O)C4)c3F)cc2)CC1. The van der Waals surface area contributed by atoms with Gasteiger partial charge in [-0.05, 0) is 68.7 Å². The normalized spacial score (nSPS) is 24.2. The zero-order chi connectivity index (χ0) is 22.5. The number of likely N-dealkylation sites (tertiary alicyclic amines) is 1. The van der Waals surface area contributed by atoms with Gasteiger partial charge in [0.2, 0.25) is 0 Å². The fourth-order valence-electron chi connectivity index (χ4n) is 5.13. The number of ether oxygens (including phenoxy) is 1. The highest BCUT2D eigenvalue weighted by molar-refractivity contribution is 5.70. The number of carboxylic acids is 1. The number of hydrogen-bond acceptors (Lipinski definition) is 3. The highest BCUT2D eigenvalue weighted by atomic mass is 19.1. The van der Waals surface area contributed by atoms with Crippen LogP contribution in [-0.2, 0) is 11.3 Å². The molecule has 4 nitrogen and oxygen atoms in total. The Hall–Kier alpha value is -2.40. The maximum absolute atomic E-state index is 15.3. The summed E-state index contributed by atoms with van der Waals surface area (Å²) in [4.78, 5) is 13.4. The summed E-state index contributed by atoms with van der Waals surface area (Å²) in [6, 6.07) is 13.2. The van der Waals surface area contributed by atoms with Crippen LogP contribution in [0.3, 0.4) is 0 Å². The van der Waals surface area contributed by atoms with Crippen molar-refractivity contribution in [3.8, 4) is 16.9 Å². The van der Waals surface area contributed by atoms with Gasteiger partial charge in [0.1, 0.15) is 11.6 Å². The predicted molar refractivity (Wildman–Crippen MR) is 124 cm³/mol. The molecule has 4 rings (SSSR count). The van der Waals surface area contributed by atoms with Gasteiger partial charge in [-0.1, -0.05) is 43.7 Å². The maximum atomic E-state index is 15.3. The molecule has 0 radical (unpaired) electrons. The average molecular weight is 440 g/mol. The van der Waals surface area contributed by atoms with Crippen molar-refractivity contribution in [2.45, 2.75) is 64.5 Å². The Morgan fingerprint density at radius 1 is 1.09 bits per heavy atom. The van der Waals surface area contributed by atoms with Crippen LogP contribution in [-0.4, -0.2) is 35.2 Å². The van der Waals surface area contributed by atoms with Crippen LogP contribution in [0.2, 0.25) is 0 Å². The number of carbonyl (C=O) groups is 1. The van der Waals surface area contributed by atoms with Gasteiger partial charge in [0, 0.05) is 24.2 Å². The lowest BCUT2D eigenvalue weighted by Gasteiger charge is -2.30. The van der Waals surface area contributed by atoms with E-state index in [9.17, 15) is 9.90 Å². The Morgan fingerprint density at radius 2 is 1.84 bits per heavy atom. The van der Waals surface area contributed by atoms with Crippen LogP contribution in [0.1, 0.15) is 57.4 Å². The zero-order valence-corrected chi connectivity index (χ0v) is 18.9. The minimum atomic E-state index is -0.760. The molecular formula is C27H34FNO3. The molecule has 0 spiro atoms. The van der Waals surface area contributed by atoms with Crippen LogP contribution in [0.4, 0.5) is 4.39 Å². The Kier molecular flexibility index (Phi) is 7.46. The topological polar surface area (TPSA) is 49.8 Å². The molecule has 32 heavy (non-hydrogen) atoms. The molecule has 2 aromatic rings. The van der Waals surface area contributed by atoms with Gasteiger partial charge in [-0.3, -0.25) is 9.69 Å². The van der Waals surface area contributed by atoms with Crippen molar-refractivity contribution in [2.24, 2.45) is 11.8 Å². The first kappa shape index (κ1) is 22.8. The van der Waals surface area contributed by atoms with Crippen molar-refractivity contribution in [3.05, 3.63) is 53.8 Å². The standard InChI is InChI=1S/C27H34FNO3/c1-2-19-8-12-23(13-9-19)32-24-14-10-20(11-15-24)25-7-3-5-21(26(25)28)17-29-16-4-6-22(18-29)27(30)31/h3,5,7,10-11,14-15,19,22-23H,2,4,6,8-9,12-13,16-18H2,1H3,(H,30,31)/t19-,22?,23-. The number of rotatable bonds is 7. The van der Waals surface area contributed by atoms with Crippen molar-refractivity contribution in [3.63, 3.8) is 0 Å². The summed E-state index contributed by atoms with van der Waals surface area (Å²) in [6.45, 7) is 3.98. The van der Waals surface area contributed by atoms with Crippen molar-refractivity contribution in [1.29, 1.82) is 0 Å². The average Bonchev–Trinajstić information content (AvgIpc) is 2.82. The molecule has 1 N–H and O–H groups in total. The van der Waals surface area contributed by atoms with Gasteiger partial charge in [0.25, 0.3) is 0 Å². The molecule has 0 amide bonds. The van der Waals surface area contributed by atoms with E-state index in [1.165, 1.54) is 19.3 Å². The number of carboxylic acid groups (broad SMARTS) is 1.